The van der Waals surface area contributed by atoms with E-state index in [1.54, 1.807) is 6.20 Å². The van der Waals surface area contributed by atoms with Crippen molar-refractivity contribution in [3.63, 3.8) is 0 Å². The number of hydrogen-bond donors (Lipinski definition) is 0. The number of hydrogen-bond acceptors (Lipinski definition) is 3. The van der Waals surface area contributed by atoms with Crippen molar-refractivity contribution in [2.45, 2.75) is 25.3 Å². The molecule has 1 spiro atoms. The molecule has 1 aromatic carbocycles. The van der Waals surface area contributed by atoms with Crippen molar-refractivity contribution in [2.75, 3.05) is 31.1 Å². The van der Waals surface area contributed by atoms with Gasteiger partial charge in [0.25, 0.3) is 5.92 Å². The SMILES string of the molecule is FC1(F)CCN(Cc2cccnc2)CC12CCN(c1ccccc1)C2. The summed E-state index contributed by atoms with van der Waals surface area (Å²) >= 11 is 0. The Morgan fingerprint density at radius 3 is 2.56 bits per heavy atom. The third-order valence-corrected chi connectivity index (χ3v) is 5.65. The molecule has 1 aromatic heterocycles. The normalized spacial score (nSPS) is 26.2. The van der Waals surface area contributed by atoms with Gasteiger partial charge in [0.15, 0.2) is 0 Å². The van der Waals surface area contributed by atoms with Crippen molar-refractivity contribution in [1.82, 2.24) is 9.88 Å². The van der Waals surface area contributed by atoms with Gasteiger partial charge in [-0.05, 0) is 30.2 Å². The van der Waals surface area contributed by atoms with Gasteiger partial charge >= 0.3 is 0 Å². The molecule has 0 bridgehead atoms. The standard InChI is InChI=1S/C20H23F2N3/c21-20(22)9-11-24(14-17-5-4-10-23-13-17)15-19(20)8-12-25(16-19)18-6-2-1-3-7-18/h1-7,10,13H,8-9,11-12,14-16H2. The van der Waals surface area contributed by atoms with Crippen LogP contribution in [0.25, 0.3) is 0 Å². The second-order valence-electron chi connectivity index (χ2n) is 7.31. The van der Waals surface area contributed by atoms with Crippen LogP contribution in [0.4, 0.5) is 14.5 Å². The molecule has 2 aromatic rings. The molecule has 0 radical (unpaired) electrons. The van der Waals surface area contributed by atoms with Crippen LogP contribution in [0.1, 0.15) is 18.4 Å². The van der Waals surface area contributed by atoms with Crippen LogP contribution >= 0.6 is 0 Å². The Kier molecular flexibility index (Phi) is 4.20. The molecule has 2 aliphatic heterocycles. The number of aromatic nitrogens is 1. The lowest BCUT2D eigenvalue weighted by molar-refractivity contribution is -0.158. The quantitative estimate of drug-likeness (QED) is 0.845. The number of likely N-dealkylation sites (tertiary alicyclic amines) is 1. The molecular formula is C20H23F2N3. The largest absolute Gasteiger partial charge is 0.371 e. The number of alkyl halides is 2. The van der Waals surface area contributed by atoms with Gasteiger partial charge in [0.2, 0.25) is 0 Å². The number of anilines is 1. The highest BCUT2D eigenvalue weighted by molar-refractivity contribution is 5.47. The highest BCUT2D eigenvalue weighted by atomic mass is 19.3. The summed E-state index contributed by atoms with van der Waals surface area (Å²) in [5.74, 6) is -2.61. The van der Waals surface area contributed by atoms with E-state index in [9.17, 15) is 8.78 Å². The highest BCUT2D eigenvalue weighted by Crippen LogP contribution is 2.50. The monoisotopic (exact) mass is 343 g/mol. The average molecular weight is 343 g/mol. The first-order chi connectivity index (χ1) is 12.1. The van der Waals surface area contributed by atoms with Gasteiger partial charge in [0.1, 0.15) is 0 Å². The lowest BCUT2D eigenvalue weighted by Crippen LogP contribution is -2.56. The van der Waals surface area contributed by atoms with Crippen molar-refractivity contribution in [1.29, 1.82) is 0 Å². The fourth-order valence-corrected chi connectivity index (χ4v) is 4.23. The lowest BCUT2D eigenvalue weighted by Gasteiger charge is -2.46. The molecule has 0 aliphatic carbocycles. The molecule has 2 aliphatic rings. The smallest absolute Gasteiger partial charge is 0.257 e. The van der Waals surface area contributed by atoms with Crippen molar-refractivity contribution >= 4 is 5.69 Å². The Morgan fingerprint density at radius 1 is 0.960 bits per heavy atom. The summed E-state index contributed by atoms with van der Waals surface area (Å²) in [5, 5.41) is 0. The van der Waals surface area contributed by atoms with Gasteiger partial charge in [-0.2, -0.15) is 0 Å². The summed E-state index contributed by atoms with van der Waals surface area (Å²) in [6.07, 6.45) is 4.04. The number of para-hydroxylation sites is 1. The Bertz CT molecular complexity index is 707. The van der Waals surface area contributed by atoms with E-state index >= 15 is 0 Å². The van der Waals surface area contributed by atoms with E-state index in [1.807, 2.05) is 48.7 Å². The number of benzene rings is 1. The minimum absolute atomic E-state index is 0.0596. The van der Waals surface area contributed by atoms with Gasteiger partial charge < -0.3 is 4.90 Å². The fourth-order valence-electron chi connectivity index (χ4n) is 4.23. The minimum Gasteiger partial charge on any atom is -0.371 e. The molecule has 0 saturated carbocycles. The first-order valence-electron chi connectivity index (χ1n) is 8.87. The Balaban J connectivity index is 1.52. The van der Waals surface area contributed by atoms with Crippen molar-refractivity contribution in [3.05, 3.63) is 60.4 Å². The zero-order valence-corrected chi connectivity index (χ0v) is 14.2. The van der Waals surface area contributed by atoms with Crippen LogP contribution in [0.15, 0.2) is 54.9 Å². The molecule has 0 amide bonds. The maximum Gasteiger partial charge on any atom is 0.257 e. The van der Waals surface area contributed by atoms with Gasteiger partial charge in [-0.3, -0.25) is 9.88 Å². The van der Waals surface area contributed by atoms with Crippen LogP contribution in [-0.4, -0.2) is 42.0 Å². The Labute approximate surface area is 147 Å². The van der Waals surface area contributed by atoms with E-state index < -0.39 is 11.3 Å². The zero-order valence-electron chi connectivity index (χ0n) is 14.2. The maximum absolute atomic E-state index is 14.9. The Hall–Kier alpha value is -2.01. The van der Waals surface area contributed by atoms with E-state index in [1.165, 1.54) is 0 Å². The molecule has 0 N–H and O–H groups in total. The number of pyridine rings is 1. The van der Waals surface area contributed by atoms with Gasteiger partial charge in [-0.15, -0.1) is 0 Å². The fraction of sp³-hybridized carbons (Fsp3) is 0.450. The molecule has 1 unspecified atom stereocenters. The third kappa shape index (κ3) is 3.13. The van der Waals surface area contributed by atoms with Crippen LogP contribution in [0.5, 0.6) is 0 Å². The predicted octanol–water partition coefficient (Wildman–Crippen LogP) is 3.82. The summed E-state index contributed by atoms with van der Waals surface area (Å²) in [6, 6.07) is 13.8. The van der Waals surface area contributed by atoms with Crippen LogP contribution in [0, 0.1) is 5.41 Å². The van der Waals surface area contributed by atoms with E-state index in [4.69, 9.17) is 0 Å². The van der Waals surface area contributed by atoms with E-state index in [-0.39, 0.29) is 6.42 Å². The van der Waals surface area contributed by atoms with Crippen molar-refractivity contribution < 1.29 is 8.78 Å². The van der Waals surface area contributed by atoms with Gasteiger partial charge in [0, 0.05) is 57.2 Å². The molecule has 3 heterocycles. The van der Waals surface area contributed by atoms with Gasteiger partial charge in [0.05, 0.1) is 5.41 Å². The topological polar surface area (TPSA) is 19.4 Å². The second-order valence-corrected chi connectivity index (χ2v) is 7.31. The number of nitrogens with zero attached hydrogens (tertiary/aromatic N) is 3. The molecule has 3 nitrogen and oxygen atoms in total. The summed E-state index contributed by atoms with van der Waals surface area (Å²) in [7, 11) is 0. The zero-order chi connectivity index (χ0) is 17.3. The predicted molar refractivity (Wildman–Crippen MR) is 94.8 cm³/mol. The lowest BCUT2D eigenvalue weighted by atomic mass is 9.75. The summed E-state index contributed by atoms with van der Waals surface area (Å²) in [6.45, 7) is 2.69. The van der Waals surface area contributed by atoms with Crippen LogP contribution < -0.4 is 4.90 Å². The van der Waals surface area contributed by atoms with Gasteiger partial charge in [-0.1, -0.05) is 24.3 Å². The summed E-state index contributed by atoms with van der Waals surface area (Å²) in [5.41, 5.74) is 1.17. The molecule has 132 valence electrons. The van der Waals surface area contributed by atoms with Crippen LogP contribution in [0.3, 0.4) is 0 Å². The van der Waals surface area contributed by atoms with Crippen LogP contribution in [0.2, 0.25) is 0 Å². The number of rotatable bonds is 3. The first kappa shape index (κ1) is 16.5. The molecular weight excluding hydrogens is 320 g/mol. The van der Waals surface area contributed by atoms with E-state index in [2.05, 4.69) is 14.8 Å². The summed E-state index contributed by atoms with van der Waals surface area (Å²) < 4.78 is 29.8. The number of halogens is 2. The summed E-state index contributed by atoms with van der Waals surface area (Å²) in [4.78, 5) is 8.42. The minimum atomic E-state index is -2.61. The molecule has 2 saturated heterocycles. The molecule has 25 heavy (non-hydrogen) atoms. The second kappa shape index (κ2) is 6.37. The van der Waals surface area contributed by atoms with E-state index in [0.717, 1.165) is 11.3 Å². The molecule has 2 fully saturated rings. The van der Waals surface area contributed by atoms with E-state index in [0.29, 0.717) is 39.1 Å². The molecule has 1 atom stereocenters. The average Bonchev–Trinajstić information content (AvgIpc) is 3.06. The first-order valence-corrected chi connectivity index (χ1v) is 8.87. The maximum atomic E-state index is 14.9. The van der Waals surface area contributed by atoms with Crippen molar-refractivity contribution in [2.24, 2.45) is 5.41 Å². The highest BCUT2D eigenvalue weighted by Gasteiger charge is 2.59. The van der Waals surface area contributed by atoms with Crippen molar-refractivity contribution in [3.8, 4) is 0 Å². The Morgan fingerprint density at radius 2 is 1.80 bits per heavy atom. The van der Waals surface area contributed by atoms with Gasteiger partial charge in [-0.25, -0.2) is 8.78 Å². The third-order valence-electron chi connectivity index (χ3n) is 5.65. The van der Waals surface area contributed by atoms with Crippen LogP contribution in [-0.2, 0) is 6.54 Å². The molecule has 5 heteroatoms. The molecule has 4 rings (SSSR count). The number of piperidine rings is 1.